The van der Waals surface area contributed by atoms with Crippen molar-refractivity contribution in [2.24, 2.45) is 22.7 Å². The Hall–Kier alpha value is -1.39. The van der Waals surface area contributed by atoms with Crippen molar-refractivity contribution < 1.29 is 19.5 Å². The molecule has 5 heteroatoms. The monoisotopic (exact) mass is 265 g/mol. The summed E-state index contributed by atoms with van der Waals surface area (Å²) < 4.78 is 0. The van der Waals surface area contributed by atoms with Crippen molar-refractivity contribution in [3.05, 3.63) is 0 Å². The van der Waals surface area contributed by atoms with Crippen LogP contribution in [0.5, 0.6) is 0 Å². The summed E-state index contributed by atoms with van der Waals surface area (Å²) in [4.78, 5) is 37.5. The molecule has 2 saturated carbocycles. The number of carboxylic acids is 1. The van der Waals surface area contributed by atoms with E-state index in [1.54, 1.807) is 6.92 Å². The van der Waals surface area contributed by atoms with E-state index in [9.17, 15) is 19.5 Å². The van der Waals surface area contributed by atoms with E-state index in [0.717, 1.165) is 6.42 Å². The Labute approximate surface area is 112 Å². The van der Waals surface area contributed by atoms with Crippen molar-refractivity contribution in [2.75, 3.05) is 0 Å². The largest absolute Gasteiger partial charge is 0.481 e. The molecular formula is C14H19NO4. The van der Waals surface area contributed by atoms with Gasteiger partial charge in [-0.15, -0.1) is 0 Å². The van der Waals surface area contributed by atoms with Crippen molar-refractivity contribution in [3.8, 4) is 0 Å². The summed E-state index contributed by atoms with van der Waals surface area (Å²) >= 11 is 0. The molecule has 0 spiro atoms. The molecule has 19 heavy (non-hydrogen) atoms. The maximum atomic E-state index is 12.4. The number of piperidine rings is 1. The van der Waals surface area contributed by atoms with Crippen molar-refractivity contribution in [1.29, 1.82) is 0 Å². The summed E-state index contributed by atoms with van der Waals surface area (Å²) in [6, 6.07) is -0.464. The summed E-state index contributed by atoms with van der Waals surface area (Å²) in [5.41, 5.74) is -1.21. The maximum Gasteiger partial charge on any atom is 0.311 e. The molecule has 1 heterocycles. The van der Waals surface area contributed by atoms with Crippen LogP contribution in [-0.2, 0) is 14.4 Å². The van der Waals surface area contributed by atoms with Crippen LogP contribution >= 0.6 is 0 Å². The van der Waals surface area contributed by atoms with Crippen LogP contribution in [0.1, 0.15) is 40.0 Å². The van der Waals surface area contributed by atoms with Crippen LogP contribution in [-0.4, -0.2) is 33.8 Å². The molecule has 4 unspecified atom stereocenters. The van der Waals surface area contributed by atoms with Crippen LogP contribution in [0.2, 0.25) is 0 Å². The van der Waals surface area contributed by atoms with Crippen molar-refractivity contribution >= 4 is 17.8 Å². The van der Waals surface area contributed by atoms with Gasteiger partial charge in [0.1, 0.15) is 0 Å². The second-order valence-electron chi connectivity index (χ2n) is 6.95. The highest BCUT2D eigenvalue weighted by molar-refractivity contribution is 6.11. The molecule has 104 valence electrons. The molecular weight excluding hydrogens is 246 g/mol. The first-order chi connectivity index (χ1) is 8.73. The van der Waals surface area contributed by atoms with E-state index < -0.39 is 17.4 Å². The quantitative estimate of drug-likeness (QED) is 0.763. The summed E-state index contributed by atoms with van der Waals surface area (Å²) in [5, 5.41) is 9.41. The molecule has 0 bridgehead atoms. The zero-order chi connectivity index (χ0) is 14.2. The van der Waals surface area contributed by atoms with Crippen molar-refractivity contribution in [3.63, 3.8) is 0 Å². The molecule has 3 fully saturated rings. The van der Waals surface area contributed by atoms with E-state index in [4.69, 9.17) is 0 Å². The Bertz CT molecular complexity index is 474. The number of imide groups is 1. The third-order valence-corrected chi connectivity index (χ3v) is 5.54. The number of carbonyl (C=O) groups is 3. The van der Waals surface area contributed by atoms with Crippen LogP contribution in [0.25, 0.3) is 0 Å². The van der Waals surface area contributed by atoms with Gasteiger partial charge in [0.25, 0.3) is 0 Å². The second-order valence-corrected chi connectivity index (χ2v) is 6.95. The minimum atomic E-state index is -0.980. The molecule has 0 radical (unpaired) electrons. The van der Waals surface area contributed by atoms with Gasteiger partial charge in [0.15, 0.2) is 0 Å². The van der Waals surface area contributed by atoms with Crippen LogP contribution in [0, 0.1) is 22.7 Å². The average Bonchev–Trinajstić information content (AvgIpc) is 2.57. The molecule has 1 saturated heterocycles. The van der Waals surface area contributed by atoms with E-state index in [-0.39, 0.29) is 29.1 Å². The smallest absolute Gasteiger partial charge is 0.311 e. The highest BCUT2D eigenvalue weighted by Crippen LogP contribution is 2.64. The summed E-state index contributed by atoms with van der Waals surface area (Å²) in [6.07, 6.45) is 1.90. The van der Waals surface area contributed by atoms with Crippen LogP contribution in [0.15, 0.2) is 0 Å². The Morgan fingerprint density at radius 1 is 1.21 bits per heavy atom. The van der Waals surface area contributed by atoms with Crippen LogP contribution in [0.3, 0.4) is 0 Å². The first kappa shape index (κ1) is 12.6. The standard InChI is InChI=1S/C14H19NO4/c1-13(2)8-9(13)11(17)15(10(8)16)7-5-4-6-14(7,3)12(18)19/h7-9H,4-6H2,1-3H3,(H,18,19). The summed E-state index contributed by atoms with van der Waals surface area (Å²) in [5.74, 6) is -1.66. The van der Waals surface area contributed by atoms with Gasteiger partial charge in [0.05, 0.1) is 23.3 Å². The predicted octanol–water partition coefficient (Wildman–Crippen LogP) is 1.27. The minimum absolute atomic E-state index is 0.153. The van der Waals surface area contributed by atoms with Gasteiger partial charge in [-0.1, -0.05) is 20.3 Å². The normalized spacial score (nSPS) is 43.5. The highest BCUT2D eigenvalue weighted by atomic mass is 16.4. The number of fused-ring (bicyclic) bond motifs is 1. The highest BCUT2D eigenvalue weighted by Gasteiger charge is 2.74. The van der Waals surface area contributed by atoms with Crippen LogP contribution < -0.4 is 0 Å². The Kier molecular flexibility index (Phi) is 2.25. The lowest BCUT2D eigenvalue weighted by Gasteiger charge is -2.35. The first-order valence-electron chi connectivity index (χ1n) is 6.83. The zero-order valence-electron chi connectivity index (χ0n) is 11.5. The first-order valence-corrected chi connectivity index (χ1v) is 6.83. The van der Waals surface area contributed by atoms with E-state index >= 15 is 0 Å². The number of amides is 2. The zero-order valence-corrected chi connectivity index (χ0v) is 11.5. The lowest BCUT2D eigenvalue weighted by atomic mass is 9.83. The number of aliphatic carboxylic acids is 1. The van der Waals surface area contributed by atoms with Crippen molar-refractivity contribution in [1.82, 2.24) is 4.90 Å². The molecule has 3 aliphatic rings. The third-order valence-electron chi connectivity index (χ3n) is 5.54. The van der Waals surface area contributed by atoms with Gasteiger partial charge in [0.2, 0.25) is 11.8 Å². The fourth-order valence-electron chi connectivity index (χ4n) is 4.09. The molecule has 0 aromatic carbocycles. The molecule has 2 aliphatic carbocycles. The molecule has 3 rings (SSSR count). The topological polar surface area (TPSA) is 74.7 Å². The lowest BCUT2D eigenvalue weighted by molar-refractivity contribution is -0.157. The Balaban J connectivity index is 1.91. The minimum Gasteiger partial charge on any atom is -0.481 e. The summed E-state index contributed by atoms with van der Waals surface area (Å²) in [6.45, 7) is 5.52. The predicted molar refractivity (Wildman–Crippen MR) is 66.0 cm³/mol. The third kappa shape index (κ3) is 1.33. The molecule has 1 aliphatic heterocycles. The number of carbonyl (C=O) groups excluding carboxylic acids is 2. The Morgan fingerprint density at radius 3 is 2.21 bits per heavy atom. The van der Waals surface area contributed by atoms with Gasteiger partial charge in [-0.3, -0.25) is 19.3 Å². The number of carboxylic acid groups (broad SMARTS) is 1. The SMILES string of the molecule is CC1(C(=O)O)CCCC1N1C(=O)C2C(C1=O)C2(C)C. The number of hydrogen-bond donors (Lipinski definition) is 1. The maximum absolute atomic E-state index is 12.4. The van der Waals surface area contributed by atoms with Gasteiger partial charge >= 0.3 is 5.97 Å². The lowest BCUT2D eigenvalue weighted by Crippen LogP contribution is -2.51. The van der Waals surface area contributed by atoms with Gasteiger partial charge in [-0.05, 0) is 25.2 Å². The molecule has 4 atom stereocenters. The van der Waals surface area contributed by atoms with E-state index in [2.05, 4.69) is 0 Å². The van der Waals surface area contributed by atoms with Crippen LogP contribution in [0.4, 0.5) is 0 Å². The number of nitrogens with zero attached hydrogens (tertiary/aromatic N) is 1. The number of likely N-dealkylation sites (tertiary alicyclic amines) is 1. The van der Waals surface area contributed by atoms with Crippen molar-refractivity contribution in [2.45, 2.75) is 46.1 Å². The number of rotatable bonds is 2. The van der Waals surface area contributed by atoms with Gasteiger partial charge in [-0.2, -0.15) is 0 Å². The molecule has 5 nitrogen and oxygen atoms in total. The van der Waals surface area contributed by atoms with Gasteiger partial charge in [-0.25, -0.2) is 0 Å². The fraction of sp³-hybridized carbons (Fsp3) is 0.786. The van der Waals surface area contributed by atoms with E-state index in [1.807, 2.05) is 13.8 Å². The molecule has 2 amide bonds. The molecule has 1 N–H and O–H groups in total. The molecule has 0 aromatic heterocycles. The van der Waals surface area contributed by atoms with Gasteiger partial charge < -0.3 is 5.11 Å². The summed E-state index contributed by atoms with van der Waals surface area (Å²) in [7, 11) is 0. The second kappa shape index (κ2) is 3.38. The van der Waals surface area contributed by atoms with E-state index in [1.165, 1.54) is 4.90 Å². The molecule has 0 aromatic rings. The average molecular weight is 265 g/mol. The van der Waals surface area contributed by atoms with E-state index in [0.29, 0.717) is 12.8 Å². The number of hydrogen-bond acceptors (Lipinski definition) is 3. The Morgan fingerprint density at radius 2 is 1.74 bits per heavy atom. The van der Waals surface area contributed by atoms with Gasteiger partial charge in [0, 0.05) is 0 Å². The fourth-order valence-corrected chi connectivity index (χ4v) is 4.09.